The fourth-order valence-electron chi connectivity index (χ4n) is 7.67. The summed E-state index contributed by atoms with van der Waals surface area (Å²) in [4.78, 5) is 2.32. The summed E-state index contributed by atoms with van der Waals surface area (Å²) in [5, 5.41) is 2.61. The maximum Gasteiger partial charge on any atom is 0.0491 e. The summed E-state index contributed by atoms with van der Waals surface area (Å²) in [5.41, 5.74) is 15.6. The first-order valence-corrected chi connectivity index (χ1v) is 18.1. The molecule has 0 radical (unpaired) electrons. The van der Waals surface area contributed by atoms with Crippen molar-refractivity contribution in [3.8, 4) is 44.5 Å². The maximum atomic E-state index is 2.41. The second-order valence-electron chi connectivity index (χ2n) is 13.3. The number of aryl methyl sites for hydroxylation is 1. The van der Waals surface area contributed by atoms with Crippen LogP contribution in [0.25, 0.3) is 66.3 Å². The molecular weight excluding hydrogens is 629 g/mol. The molecule has 0 saturated carbocycles. The Kier molecular flexibility index (Phi) is 8.19. The van der Waals surface area contributed by atoms with Crippen molar-refractivity contribution in [3.63, 3.8) is 0 Å². The average molecular weight is 667 g/mol. The van der Waals surface area contributed by atoms with Gasteiger partial charge in [-0.05, 0) is 112 Å². The molecule has 0 aliphatic heterocycles. The maximum absolute atomic E-state index is 2.41. The SMILES string of the molecule is CCn1c2ccccc2c2cc(-c3cccc(-c4ccccc4-c4ccc(N(c5ccccc5)c5ccc(-c6ccccc6)cc5)cc4)c3)ccc21. The molecule has 0 unspecified atom stereocenters. The number of anilines is 3. The first-order chi connectivity index (χ1) is 25.7. The molecule has 9 aromatic rings. The largest absolute Gasteiger partial charge is 0.341 e. The van der Waals surface area contributed by atoms with Gasteiger partial charge in [-0.25, -0.2) is 0 Å². The summed E-state index contributed by atoms with van der Waals surface area (Å²) in [7, 11) is 0. The van der Waals surface area contributed by atoms with Crippen LogP contribution in [0, 0.1) is 0 Å². The van der Waals surface area contributed by atoms with E-state index in [1.807, 2.05) is 0 Å². The van der Waals surface area contributed by atoms with E-state index in [2.05, 4.69) is 217 Å². The first kappa shape index (κ1) is 31.3. The molecular formula is C50H38N2. The van der Waals surface area contributed by atoms with Gasteiger partial charge in [0.15, 0.2) is 0 Å². The lowest BCUT2D eigenvalue weighted by Crippen LogP contribution is -2.09. The van der Waals surface area contributed by atoms with Gasteiger partial charge in [-0.15, -0.1) is 0 Å². The number of hydrogen-bond acceptors (Lipinski definition) is 1. The van der Waals surface area contributed by atoms with E-state index < -0.39 is 0 Å². The van der Waals surface area contributed by atoms with Gasteiger partial charge in [0.1, 0.15) is 0 Å². The molecule has 0 saturated heterocycles. The van der Waals surface area contributed by atoms with Gasteiger partial charge in [0.05, 0.1) is 0 Å². The molecule has 0 aliphatic carbocycles. The molecule has 0 spiro atoms. The predicted molar refractivity (Wildman–Crippen MR) is 222 cm³/mol. The summed E-state index contributed by atoms with van der Waals surface area (Å²) < 4.78 is 2.41. The van der Waals surface area contributed by atoms with Gasteiger partial charge in [-0.3, -0.25) is 0 Å². The molecule has 1 aromatic heterocycles. The van der Waals surface area contributed by atoms with Crippen molar-refractivity contribution >= 4 is 38.9 Å². The van der Waals surface area contributed by atoms with Crippen molar-refractivity contribution in [1.29, 1.82) is 0 Å². The molecule has 0 fully saturated rings. The van der Waals surface area contributed by atoms with Gasteiger partial charge in [0, 0.05) is 45.4 Å². The molecule has 9 rings (SSSR count). The Labute approximate surface area is 305 Å². The molecule has 2 nitrogen and oxygen atoms in total. The van der Waals surface area contributed by atoms with Gasteiger partial charge < -0.3 is 9.47 Å². The van der Waals surface area contributed by atoms with Gasteiger partial charge >= 0.3 is 0 Å². The third kappa shape index (κ3) is 5.75. The second kappa shape index (κ2) is 13.6. The Morgan fingerprint density at radius 1 is 0.346 bits per heavy atom. The number of fused-ring (bicyclic) bond motifs is 3. The number of para-hydroxylation sites is 2. The topological polar surface area (TPSA) is 8.17 Å². The third-order valence-electron chi connectivity index (χ3n) is 10.2. The molecule has 1 heterocycles. The summed E-state index contributed by atoms with van der Waals surface area (Å²) in [5.74, 6) is 0. The minimum Gasteiger partial charge on any atom is -0.341 e. The van der Waals surface area contributed by atoms with E-state index in [9.17, 15) is 0 Å². The average Bonchev–Trinajstić information content (AvgIpc) is 3.55. The fraction of sp³-hybridized carbons (Fsp3) is 0.0400. The zero-order chi connectivity index (χ0) is 34.9. The number of benzene rings is 8. The van der Waals surface area contributed by atoms with Crippen molar-refractivity contribution in [2.45, 2.75) is 13.5 Å². The van der Waals surface area contributed by atoms with E-state index in [1.165, 1.54) is 66.3 Å². The molecule has 0 bridgehead atoms. The monoisotopic (exact) mass is 666 g/mol. The normalized spacial score (nSPS) is 11.2. The third-order valence-corrected chi connectivity index (χ3v) is 10.2. The standard InChI is InChI=1S/C50H38N2/c1-2-51-49-23-12-11-22-47(49)48-35-40(28-33-50(48)51)39-16-13-17-41(34-39)46-21-10-9-20-45(46)38-26-31-44(32-27-38)52(42-18-7-4-8-19-42)43-29-24-37(25-30-43)36-14-5-3-6-15-36/h3-35H,2H2,1H3. The molecule has 2 heteroatoms. The Bertz CT molecular complexity index is 2630. The Morgan fingerprint density at radius 2 is 0.827 bits per heavy atom. The lowest BCUT2D eigenvalue weighted by Gasteiger charge is -2.26. The van der Waals surface area contributed by atoms with Crippen LogP contribution in [-0.4, -0.2) is 4.57 Å². The van der Waals surface area contributed by atoms with E-state index in [4.69, 9.17) is 0 Å². The van der Waals surface area contributed by atoms with E-state index in [-0.39, 0.29) is 0 Å². The Morgan fingerprint density at radius 3 is 1.54 bits per heavy atom. The quantitative estimate of drug-likeness (QED) is 0.157. The molecule has 0 N–H and O–H groups in total. The second-order valence-corrected chi connectivity index (χ2v) is 13.3. The molecule has 52 heavy (non-hydrogen) atoms. The number of nitrogens with zero attached hydrogens (tertiary/aromatic N) is 2. The van der Waals surface area contributed by atoms with Crippen molar-refractivity contribution in [1.82, 2.24) is 4.57 Å². The lowest BCUT2D eigenvalue weighted by atomic mass is 9.92. The van der Waals surface area contributed by atoms with E-state index in [0.717, 1.165) is 23.6 Å². The summed E-state index contributed by atoms with van der Waals surface area (Å²) in [6.07, 6.45) is 0. The number of rotatable bonds is 8. The van der Waals surface area contributed by atoms with Gasteiger partial charge in [-0.2, -0.15) is 0 Å². The van der Waals surface area contributed by atoms with Crippen LogP contribution >= 0.6 is 0 Å². The molecule has 248 valence electrons. The molecule has 0 amide bonds. The van der Waals surface area contributed by atoms with Crippen molar-refractivity contribution in [2.24, 2.45) is 0 Å². The Hall–Kier alpha value is -6.64. The van der Waals surface area contributed by atoms with E-state index in [1.54, 1.807) is 0 Å². The predicted octanol–water partition coefficient (Wildman–Crippen LogP) is 14.0. The smallest absolute Gasteiger partial charge is 0.0491 e. The van der Waals surface area contributed by atoms with Crippen LogP contribution in [0.15, 0.2) is 200 Å². The summed E-state index contributed by atoms with van der Waals surface area (Å²) in [6, 6.07) is 72.4. The highest BCUT2D eigenvalue weighted by Gasteiger charge is 2.15. The van der Waals surface area contributed by atoms with Crippen LogP contribution in [0.2, 0.25) is 0 Å². The minimum atomic E-state index is 0.947. The first-order valence-electron chi connectivity index (χ1n) is 18.1. The van der Waals surface area contributed by atoms with Crippen molar-refractivity contribution in [2.75, 3.05) is 4.90 Å². The molecule has 0 atom stereocenters. The van der Waals surface area contributed by atoms with Gasteiger partial charge in [0.2, 0.25) is 0 Å². The number of hydrogen-bond donors (Lipinski definition) is 0. The lowest BCUT2D eigenvalue weighted by molar-refractivity contribution is 0.827. The highest BCUT2D eigenvalue weighted by molar-refractivity contribution is 6.09. The van der Waals surface area contributed by atoms with Crippen LogP contribution in [-0.2, 0) is 6.54 Å². The van der Waals surface area contributed by atoms with Crippen LogP contribution in [0.1, 0.15) is 6.92 Å². The molecule has 8 aromatic carbocycles. The number of aromatic nitrogens is 1. The molecule has 0 aliphatic rings. The van der Waals surface area contributed by atoms with Crippen LogP contribution in [0.3, 0.4) is 0 Å². The van der Waals surface area contributed by atoms with Crippen LogP contribution in [0.5, 0.6) is 0 Å². The van der Waals surface area contributed by atoms with E-state index >= 15 is 0 Å². The zero-order valence-corrected chi connectivity index (χ0v) is 29.2. The fourth-order valence-corrected chi connectivity index (χ4v) is 7.67. The van der Waals surface area contributed by atoms with Crippen molar-refractivity contribution in [3.05, 3.63) is 200 Å². The highest BCUT2D eigenvalue weighted by Crippen LogP contribution is 2.39. The summed E-state index contributed by atoms with van der Waals surface area (Å²) >= 11 is 0. The van der Waals surface area contributed by atoms with Crippen LogP contribution in [0.4, 0.5) is 17.1 Å². The van der Waals surface area contributed by atoms with Crippen molar-refractivity contribution < 1.29 is 0 Å². The van der Waals surface area contributed by atoms with Gasteiger partial charge in [0.25, 0.3) is 0 Å². The van der Waals surface area contributed by atoms with E-state index in [0.29, 0.717) is 0 Å². The highest BCUT2D eigenvalue weighted by atomic mass is 15.1. The Balaban J connectivity index is 1.06. The minimum absolute atomic E-state index is 0.947. The van der Waals surface area contributed by atoms with Gasteiger partial charge in [-0.1, -0.05) is 140 Å². The van der Waals surface area contributed by atoms with Crippen LogP contribution < -0.4 is 4.90 Å². The summed E-state index contributed by atoms with van der Waals surface area (Å²) in [6.45, 7) is 3.17. The zero-order valence-electron chi connectivity index (χ0n) is 29.2.